The quantitative estimate of drug-likeness (QED) is 0.0876. The maximum absolute atomic E-state index is 14.8. The van der Waals surface area contributed by atoms with Gasteiger partial charge in [-0.3, -0.25) is 14.2 Å². The van der Waals surface area contributed by atoms with Crippen molar-refractivity contribution in [1.29, 1.82) is 0 Å². The molecule has 58 heavy (non-hydrogen) atoms. The number of amides is 3. The highest BCUT2D eigenvalue weighted by Gasteiger charge is 2.65. The monoisotopic (exact) mass is 838 g/mol. The van der Waals surface area contributed by atoms with E-state index in [2.05, 4.69) is 22.5 Å². The number of thiazole rings is 1. The molecule has 2 aliphatic carbocycles. The number of ether oxygens (including phenoxy) is 3. The lowest BCUT2D eigenvalue weighted by Gasteiger charge is -2.36. The second-order valence-corrected chi connectivity index (χ2v) is 21.1. The van der Waals surface area contributed by atoms with E-state index < -0.39 is 60.1 Å². The summed E-state index contributed by atoms with van der Waals surface area (Å²) in [5.41, 5.74) is 1.04. The van der Waals surface area contributed by atoms with E-state index in [0.29, 0.717) is 33.8 Å². The van der Waals surface area contributed by atoms with Crippen molar-refractivity contribution < 1.29 is 38.1 Å². The summed E-state index contributed by atoms with van der Waals surface area (Å²) in [4.78, 5) is 65.1. The van der Waals surface area contributed by atoms with Crippen LogP contribution in [0, 0.1) is 17.3 Å². The molecule has 6 atom stereocenters. The van der Waals surface area contributed by atoms with Crippen LogP contribution >= 0.6 is 18.7 Å². The first-order chi connectivity index (χ1) is 27.3. The lowest BCUT2D eigenvalue weighted by atomic mass is 9.85. The number of hydrogen-bond donors (Lipinski definition) is 4. The van der Waals surface area contributed by atoms with Crippen LogP contribution < -0.4 is 25.4 Å². The van der Waals surface area contributed by atoms with E-state index in [0.717, 1.165) is 30.8 Å². The summed E-state index contributed by atoms with van der Waals surface area (Å²) in [5.74, 6) is -0.475. The largest absolute Gasteiger partial charge is 0.497 e. The molecule has 1 unspecified atom stereocenters. The normalized spacial score (nSPS) is 23.7. The van der Waals surface area contributed by atoms with Gasteiger partial charge in [-0.15, -0.1) is 17.9 Å². The molecule has 2 aromatic heterocycles. The lowest BCUT2D eigenvalue weighted by molar-refractivity contribution is -0.142. The zero-order valence-corrected chi connectivity index (χ0v) is 36.6. The Hall–Kier alpha value is -4.20. The summed E-state index contributed by atoms with van der Waals surface area (Å²) in [6.07, 6.45) is 3.85. The van der Waals surface area contributed by atoms with Crippen molar-refractivity contribution >= 4 is 52.6 Å². The number of carbonyl (C=O) groups is 3. The Morgan fingerprint density at radius 1 is 1.10 bits per heavy atom. The molecule has 0 spiro atoms. The molecule has 316 valence electrons. The summed E-state index contributed by atoms with van der Waals surface area (Å²) in [6, 6.07) is 5.32. The minimum Gasteiger partial charge on any atom is -0.497 e. The van der Waals surface area contributed by atoms with Crippen molar-refractivity contribution in [2.24, 2.45) is 17.3 Å². The fourth-order valence-corrected chi connectivity index (χ4v) is 11.6. The molecule has 3 aliphatic rings. The highest BCUT2D eigenvalue weighted by molar-refractivity contribution is 7.60. The van der Waals surface area contributed by atoms with Crippen LogP contribution in [0.25, 0.3) is 22.3 Å². The van der Waals surface area contributed by atoms with Crippen molar-refractivity contribution in [3.05, 3.63) is 42.3 Å². The van der Waals surface area contributed by atoms with Gasteiger partial charge in [0.2, 0.25) is 19.2 Å². The number of aromatic nitrogens is 2. The van der Waals surface area contributed by atoms with Gasteiger partial charge in [-0.2, -0.15) is 0 Å². The van der Waals surface area contributed by atoms with Gasteiger partial charge in [-0.25, -0.2) is 14.8 Å². The summed E-state index contributed by atoms with van der Waals surface area (Å²) < 4.78 is 31.9. The number of rotatable bonds is 15. The Kier molecular flexibility index (Phi) is 12.9. The van der Waals surface area contributed by atoms with Crippen LogP contribution in [0.5, 0.6) is 11.5 Å². The molecule has 2 saturated carbocycles. The number of alkyl carbamates (subject to hydrolysis) is 1. The molecule has 1 aromatic carbocycles. The molecule has 16 heteroatoms. The third-order valence-corrected chi connectivity index (χ3v) is 15.0. The summed E-state index contributed by atoms with van der Waals surface area (Å²) in [5, 5.41) is 11.1. The average molecular weight is 839 g/mol. The second kappa shape index (κ2) is 17.2. The number of anilines is 1. The fraction of sp³-hybridized carbons (Fsp3) is 0.595. The molecular weight excluding hydrogens is 780 g/mol. The van der Waals surface area contributed by atoms with Gasteiger partial charge >= 0.3 is 6.09 Å². The van der Waals surface area contributed by atoms with E-state index in [1.54, 1.807) is 13.2 Å². The average Bonchev–Trinajstić information content (AvgIpc) is 3.54. The third-order valence-electron chi connectivity index (χ3n) is 11.1. The van der Waals surface area contributed by atoms with Crippen molar-refractivity contribution in [2.75, 3.05) is 25.1 Å². The number of hydrogen-bond acceptors (Lipinski definition) is 11. The number of carbonyl (C=O) groups excluding carboxylic acids is 3. The van der Waals surface area contributed by atoms with Crippen LogP contribution in [0.1, 0.15) is 87.0 Å². The highest BCUT2D eigenvalue weighted by Crippen LogP contribution is 2.70. The minimum atomic E-state index is -3.91. The number of nitrogens with zero attached hydrogens (tertiary/aromatic N) is 3. The van der Waals surface area contributed by atoms with Crippen LogP contribution in [0.3, 0.4) is 0 Å². The molecule has 3 aromatic rings. The third kappa shape index (κ3) is 9.47. The van der Waals surface area contributed by atoms with Gasteiger partial charge in [0.1, 0.15) is 46.8 Å². The maximum atomic E-state index is 14.8. The number of likely N-dealkylation sites (tertiary alicyclic amines) is 1. The molecule has 0 bridgehead atoms. The van der Waals surface area contributed by atoms with E-state index in [4.69, 9.17) is 24.2 Å². The van der Waals surface area contributed by atoms with E-state index >= 15 is 0 Å². The number of benzene rings is 1. The van der Waals surface area contributed by atoms with E-state index in [-0.39, 0.29) is 43.6 Å². The van der Waals surface area contributed by atoms with E-state index in [1.165, 1.54) is 16.2 Å². The Labute approximate surface area is 345 Å². The summed E-state index contributed by atoms with van der Waals surface area (Å²) >= 11 is 1.47. The number of pyridine rings is 1. The van der Waals surface area contributed by atoms with Crippen molar-refractivity contribution in [1.82, 2.24) is 25.5 Å². The number of methoxy groups -OCH3 is 1. The molecule has 4 N–H and O–H groups in total. The first-order valence-electron chi connectivity index (χ1n) is 20.3. The topological polar surface area (TPSA) is 181 Å². The summed E-state index contributed by atoms with van der Waals surface area (Å²) in [7, 11) is -2.33. The van der Waals surface area contributed by atoms with Crippen LogP contribution in [-0.4, -0.2) is 93.1 Å². The van der Waals surface area contributed by atoms with Crippen LogP contribution in [0.15, 0.2) is 42.3 Å². The van der Waals surface area contributed by atoms with Gasteiger partial charge in [0, 0.05) is 47.4 Å². The van der Waals surface area contributed by atoms with Crippen LogP contribution in [-0.2, 0) is 18.9 Å². The van der Waals surface area contributed by atoms with Crippen LogP contribution in [0.4, 0.5) is 9.93 Å². The smallest absolute Gasteiger partial charge is 0.408 e. The van der Waals surface area contributed by atoms with Crippen LogP contribution in [0.2, 0.25) is 0 Å². The Balaban J connectivity index is 1.35. The zero-order valence-electron chi connectivity index (χ0n) is 34.9. The van der Waals surface area contributed by atoms with Crippen molar-refractivity contribution in [2.45, 2.75) is 123 Å². The van der Waals surface area contributed by atoms with Gasteiger partial charge in [0.05, 0.1) is 24.9 Å². The molecular formula is C42H59N6O8PS. The Morgan fingerprint density at radius 3 is 2.45 bits per heavy atom. The van der Waals surface area contributed by atoms with Gasteiger partial charge in [0.25, 0.3) is 0 Å². The zero-order chi connectivity index (χ0) is 42.2. The SMILES string of the molecule is C=C[C@@H]1C[C@]1(NC(=O)[C@@H]1C[C@@H](Oc2cc(-c3csc(NC(C)C)n3)nc3cc(OC)ccc23)CN1C(=O)[C@@H](NC(=O)OC1CCCC1)C(C)(C)C)P(=O)(O)CC(C)C. The van der Waals surface area contributed by atoms with Crippen molar-refractivity contribution in [3.63, 3.8) is 0 Å². The molecule has 0 radical (unpaired) electrons. The first kappa shape index (κ1) is 43.4. The predicted octanol–water partition coefficient (Wildman–Crippen LogP) is 7.56. The van der Waals surface area contributed by atoms with Gasteiger partial charge in [-0.05, 0) is 69.4 Å². The fourth-order valence-electron chi connectivity index (χ4n) is 8.06. The molecule has 1 saturated heterocycles. The molecule has 14 nitrogen and oxygen atoms in total. The molecule has 3 fully saturated rings. The number of fused-ring (bicyclic) bond motifs is 1. The Bertz CT molecular complexity index is 2060. The lowest BCUT2D eigenvalue weighted by Crippen LogP contribution is -2.58. The summed E-state index contributed by atoms with van der Waals surface area (Å²) in [6.45, 7) is 17.2. The number of nitrogens with one attached hydrogen (secondary N) is 3. The molecule has 3 amide bonds. The highest BCUT2D eigenvalue weighted by atomic mass is 32.1. The first-order valence-corrected chi connectivity index (χ1v) is 23.0. The van der Waals surface area contributed by atoms with E-state index in [1.807, 2.05) is 78.1 Å². The molecule has 1 aliphatic heterocycles. The second-order valence-electron chi connectivity index (χ2n) is 17.7. The maximum Gasteiger partial charge on any atom is 0.408 e. The molecule has 6 rings (SSSR count). The van der Waals surface area contributed by atoms with Crippen molar-refractivity contribution in [3.8, 4) is 22.9 Å². The molecule has 3 heterocycles. The standard InChI is InChI=1S/C42H59N6O8PS/c1-10-26-20-42(26,57(52,53)22-24(2)3)47-37(49)34-18-29(21-48(34)38(50)36(41(6,7)8)46-40(51)56-27-13-11-12-14-27)55-35-19-32(33-23-58-39(45-33)43-25(4)5)44-31-17-28(54-9)15-16-30(31)35/h10,15-17,19,23-27,29,34,36H,1,11-14,18,20-22H2,2-9H3,(H,43,45)(H,46,51)(H,47,49)(H,52,53)/t26-,29-,34+,36-,42+/m1/s1. The van der Waals surface area contributed by atoms with E-state index in [9.17, 15) is 23.8 Å². The predicted molar refractivity (Wildman–Crippen MR) is 227 cm³/mol. The van der Waals surface area contributed by atoms with Gasteiger partial charge < -0.3 is 40.0 Å². The van der Waals surface area contributed by atoms with Gasteiger partial charge in [0.15, 0.2) is 5.13 Å². The minimum absolute atomic E-state index is 0.00200. The van der Waals surface area contributed by atoms with Gasteiger partial charge in [-0.1, -0.05) is 40.7 Å². The Morgan fingerprint density at radius 2 is 1.83 bits per heavy atom.